The molecule has 0 atom stereocenters. The van der Waals surface area contributed by atoms with Crippen molar-refractivity contribution in [3.63, 3.8) is 0 Å². The summed E-state index contributed by atoms with van der Waals surface area (Å²) in [7, 11) is 3.88. The van der Waals surface area contributed by atoms with Gasteiger partial charge in [-0.2, -0.15) is 4.98 Å². The number of aryl methyl sites for hydroxylation is 2. The lowest BCUT2D eigenvalue weighted by molar-refractivity contribution is 0.0955. The lowest BCUT2D eigenvalue weighted by Crippen LogP contribution is -2.29. The normalized spacial score (nSPS) is 10.3. The summed E-state index contributed by atoms with van der Waals surface area (Å²) in [4.78, 5) is 22.8. The Hall–Kier alpha value is -2.63. The molecule has 0 bridgehead atoms. The zero-order valence-electron chi connectivity index (χ0n) is 14.8. The van der Waals surface area contributed by atoms with Crippen LogP contribution < -0.4 is 15.5 Å². The highest BCUT2D eigenvalue weighted by Crippen LogP contribution is 2.11. The summed E-state index contributed by atoms with van der Waals surface area (Å²) >= 11 is 0. The molecule has 2 rings (SSSR count). The largest absolute Gasteiger partial charge is 0.363 e. The summed E-state index contributed by atoms with van der Waals surface area (Å²) in [5.41, 5.74) is 2.80. The molecule has 0 saturated heterocycles. The van der Waals surface area contributed by atoms with Gasteiger partial charge in [0.2, 0.25) is 5.95 Å². The standard InChI is InChI=1S/C18H25N5O/c1-5-14-6-8-15(9-7-14)17(24)19-10-11-20-18-21-13(2)12-16(22-18)23(3)4/h6-9,12H,5,10-11H2,1-4H3,(H,19,24)(H,20,21,22). The first-order chi connectivity index (χ1) is 11.5. The Labute approximate surface area is 143 Å². The van der Waals surface area contributed by atoms with E-state index >= 15 is 0 Å². The third-order valence-corrected chi connectivity index (χ3v) is 3.62. The van der Waals surface area contributed by atoms with Gasteiger partial charge in [-0.15, -0.1) is 0 Å². The molecule has 6 nitrogen and oxygen atoms in total. The number of aromatic nitrogens is 2. The lowest BCUT2D eigenvalue weighted by atomic mass is 10.1. The molecule has 1 amide bonds. The van der Waals surface area contributed by atoms with Crippen LogP contribution in [0.25, 0.3) is 0 Å². The molecule has 2 N–H and O–H groups in total. The second kappa shape index (κ2) is 8.29. The molecule has 0 saturated carbocycles. The number of nitrogens with zero attached hydrogens (tertiary/aromatic N) is 3. The second-order valence-electron chi connectivity index (χ2n) is 5.82. The highest BCUT2D eigenvalue weighted by atomic mass is 16.1. The fraction of sp³-hybridized carbons (Fsp3) is 0.389. The maximum absolute atomic E-state index is 12.1. The van der Waals surface area contributed by atoms with Crippen LogP contribution in [-0.2, 0) is 6.42 Å². The van der Waals surface area contributed by atoms with Crippen LogP contribution in [0.5, 0.6) is 0 Å². The van der Waals surface area contributed by atoms with Crippen molar-refractivity contribution in [2.45, 2.75) is 20.3 Å². The van der Waals surface area contributed by atoms with E-state index in [1.807, 2.05) is 56.3 Å². The number of carbonyl (C=O) groups is 1. The monoisotopic (exact) mass is 327 g/mol. The topological polar surface area (TPSA) is 70.2 Å². The van der Waals surface area contributed by atoms with Gasteiger partial charge in [-0.05, 0) is 31.0 Å². The van der Waals surface area contributed by atoms with E-state index in [-0.39, 0.29) is 5.91 Å². The number of hydrogen-bond donors (Lipinski definition) is 2. The van der Waals surface area contributed by atoms with E-state index in [9.17, 15) is 4.79 Å². The molecule has 1 heterocycles. The van der Waals surface area contributed by atoms with Crippen LogP contribution in [-0.4, -0.2) is 43.1 Å². The van der Waals surface area contributed by atoms with E-state index in [1.165, 1.54) is 5.56 Å². The molecule has 128 valence electrons. The number of anilines is 2. The first-order valence-corrected chi connectivity index (χ1v) is 8.13. The van der Waals surface area contributed by atoms with Gasteiger partial charge in [0.15, 0.2) is 0 Å². The summed E-state index contributed by atoms with van der Waals surface area (Å²) < 4.78 is 0. The molecular formula is C18H25N5O. The number of benzene rings is 1. The van der Waals surface area contributed by atoms with E-state index in [0.29, 0.717) is 24.6 Å². The average Bonchev–Trinajstić information content (AvgIpc) is 2.58. The zero-order valence-corrected chi connectivity index (χ0v) is 14.8. The van der Waals surface area contributed by atoms with E-state index in [1.54, 1.807) is 0 Å². The molecular weight excluding hydrogens is 302 g/mol. The number of hydrogen-bond acceptors (Lipinski definition) is 5. The van der Waals surface area contributed by atoms with Crippen molar-refractivity contribution in [1.82, 2.24) is 15.3 Å². The van der Waals surface area contributed by atoms with E-state index in [2.05, 4.69) is 27.5 Å². The Morgan fingerprint density at radius 3 is 2.46 bits per heavy atom. The van der Waals surface area contributed by atoms with Gasteiger partial charge in [0.25, 0.3) is 5.91 Å². The van der Waals surface area contributed by atoms with Gasteiger partial charge >= 0.3 is 0 Å². The average molecular weight is 327 g/mol. The van der Waals surface area contributed by atoms with Crippen molar-refractivity contribution < 1.29 is 4.79 Å². The SMILES string of the molecule is CCc1ccc(C(=O)NCCNc2nc(C)cc(N(C)C)n2)cc1. The van der Waals surface area contributed by atoms with Crippen LogP contribution in [0.3, 0.4) is 0 Å². The van der Waals surface area contributed by atoms with E-state index in [4.69, 9.17) is 0 Å². The Bertz CT molecular complexity index is 682. The molecule has 1 aromatic carbocycles. The van der Waals surface area contributed by atoms with Crippen LogP contribution in [0.4, 0.5) is 11.8 Å². The fourth-order valence-electron chi connectivity index (χ4n) is 2.20. The first-order valence-electron chi connectivity index (χ1n) is 8.13. The van der Waals surface area contributed by atoms with Crippen LogP contribution in [0, 0.1) is 6.92 Å². The highest BCUT2D eigenvalue weighted by molar-refractivity contribution is 5.94. The molecule has 0 spiro atoms. The molecule has 0 aliphatic heterocycles. The Morgan fingerprint density at radius 2 is 1.83 bits per heavy atom. The summed E-state index contributed by atoms with van der Waals surface area (Å²) in [6, 6.07) is 9.60. The minimum Gasteiger partial charge on any atom is -0.363 e. The summed E-state index contributed by atoms with van der Waals surface area (Å²) in [5, 5.41) is 6.03. The third-order valence-electron chi connectivity index (χ3n) is 3.62. The van der Waals surface area contributed by atoms with Gasteiger partial charge < -0.3 is 15.5 Å². The molecule has 0 unspecified atom stereocenters. The number of amides is 1. The number of carbonyl (C=O) groups excluding carboxylic acids is 1. The predicted molar refractivity (Wildman–Crippen MR) is 97.7 cm³/mol. The quantitative estimate of drug-likeness (QED) is 0.763. The van der Waals surface area contributed by atoms with Gasteiger partial charge in [-0.3, -0.25) is 4.79 Å². The minimum atomic E-state index is -0.0707. The van der Waals surface area contributed by atoms with Crippen molar-refractivity contribution >= 4 is 17.7 Å². The van der Waals surface area contributed by atoms with Crippen LogP contribution >= 0.6 is 0 Å². The van der Waals surface area contributed by atoms with Crippen molar-refractivity contribution in [2.75, 3.05) is 37.4 Å². The summed E-state index contributed by atoms with van der Waals surface area (Å²) in [6.07, 6.45) is 0.969. The minimum absolute atomic E-state index is 0.0707. The Morgan fingerprint density at radius 1 is 1.12 bits per heavy atom. The van der Waals surface area contributed by atoms with Crippen LogP contribution in [0.2, 0.25) is 0 Å². The van der Waals surface area contributed by atoms with Crippen LogP contribution in [0.1, 0.15) is 28.5 Å². The van der Waals surface area contributed by atoms with Gasteiger partial charge in [0.1, 0.15) is 5.82 Å². The van der Waals surface area contributed by atoms with E-state index < -0.39 is 0 Å². The molecule has 1 aromatic heterocycles. The van der Waals surface area contributed by atoms with Gasteiger partial charge in [0, 0.05) is 44.5 Å². The fourth-order valence-corrected chi connectivity index (χ4v) is 2.20. The Balaban J connectivity index is 1.83. The zero-order chi connectivity index (χ0) is 17.5. The van der Waals surface area contributed by atoms with E-state index in [0.717, 1.165) is 17.9 Å². The highest BCUT2D eigenvalue weighted by Gasteiger charge is 2.06. The lowest BCUT2D eigenvalue weighted by Gasteiger charge is -2.14. The van der Waals surface area contributed by atoms with Crippen LogP contribution in [0.15, 0.2) is 30.3 Å². The van der Waals surface area contributed by atoms with Crippen molar-refractivity contribution in [1.29, 1.82) is 0 Å². The maximum atomic E-state index is 12.1. The van der Waals surface area contributed by atoms with Crippen molar-refractivity contribution in [3.05, 3.63) is 47.2 Å². The van der Waals surface area contributed by atoms with Gasteiger partial charge in [-0.25, -0.2) is 4.98 Å². The number of rotatable bonds is 7. The molecule has 6 heteroatoms. The predicted octanol–water partition coefficient (Wildman–Crippen LogP) is 2.26. The molecule has 0 aliphatic rings. The summed E-state index contributed by atoms with van der Waals surface area (Å²) in [6.45, 7) is 5.09. The van der Waals surface area contributed by atoms with Crippen molar-refractivity contribution in [2.24, 2.45) is 0 Å². The molecule has 24 heavy (non-hydrogen) atoms. The maximum Gasteiger partial charge on any atom is 0.251 e. The van der Waals surface area contributed by atoms with Gasteiger partial charge in [-0.1, -0.05) is 19.1 Å². The Kier molecular flexibility index (Phi) is 6.12. The van der Waals surface area contributed by atoms with Crippen molar-refractivity contribution in [3.8, 4) is 0 Å². The van der Waals surface area contributed by atoms with Gasteiger partial charge in [0.05, 0.1) is 0 Å². The number of nitrogens with one attached hydrogen (secondary N) is 2. The second-order valence-corrected chi connectivity index (χ2v) is 5.82. The first kappa shape index (κ1) is 17.7. The summed E-state index contributed by atoms with van der Waals surface area (Å²) in [5.74, 6) is 1.35. The smallest absolute Gasteiger partial charge is 0.251 e. The molecule has 0 aliphatic carbocycles. The molecule has 2 aromatic rings. The molecule has 0 fully saturated rings. The third kappa shape index (κ3) is 4.94. The molecule has 0 radical (unpaired) electrons.